The second-order valence-corrected chi connectivity index (χ2v) is 3.46. The van der Waals surface area contributed by atoms with E-state index in [2.05, 4.69) is 16.5 Å². The van der Waals surface area contributed by atoms with Gasteiger partial charge < -0.3 is 14.2 Å². The zero-order chi connectivity index (χ0) is 10.7. The van der Waals surface area contributed by atoms with Crippen LogP contribution in [0.25, 0.3) is 0 Å². The molecule has 0 spiro atoms. The Morgan fingerprint density at radius 1 is 1.33 bits per heavy atom. The van der Waals surface area contributed by atoms with Crippen LogP contribution in [-0.2, 0) is 19.7 Å². The monoisotopic (exact) mass is 205 g/mol. The molecule has 0 fully saturated rings. The van der Waals surface area contributed by atoms with Gasteiger partial charge in [-0.25, -0.2) is 4.98 Å². The molecule has 0 aromatic carbocycles. The number of imidazole rings is 1. The number of aryl methyl sites for hydroxylation is 1. The highest BCUT2D eigenvalue weighted by Crippen LogP contribution is 2.07. The standard InChI is InChI=1S/C11H15N3O/c1-2-13-9-12-6-11(13)7-14-5-3-4-10(14)8-15/h3-6,9,15H,2,7-8H2,1H3. The van der Waals surface area contributed by atoms with Gasteiger partial charge in [0.25, 0.3) is 0 Å². The maximum absolute atomic E-state index is 9.12. The highest BCUT2D eigenvalue weighted by Gasteiger charge is 2.04. The lowest BCUT2D eigenvalue weighted by atomic mass is 10.4. The second-order valence-electron chi connectivity index (χ2n) is 3.46. The maximum atomic E-state index is 9.12. The van der Waals surface area contributed by atoms with Gasteiger partial charge >= 0.3 is 0 Å². The van der Waals surface area contributed by atoms with E-state index in [0.717, 1.165) is 24.5 Å². The van der Waals surface area contributed by atoms with Crippen LogP contribution in [0.3, 0.4) is 0 Å². The average molecular weight is 205 g/mol. The molecule has 0 bridgehead atoms. The van der Waals surface area contributed by atoms with E-state index in [4.69, 9.17) is 5.11 Å². The Kier molecular flexibility index (Phi) is 2.87. The quantitative estimate of drug-likeness (QED) is 0.816. The summed E-state index contributed by atoms with van der Waals surface area (Å²) in [4.78, 5) is 4.12. The zero-order valence-electron chi connectivity index (χ0n) is 8.80. The van der Waals surface area contributed by atoms with Gasteiger partial charge in [-0.05, 0) is 19.1 Å². The largest absolute Gasteiger partial charge is 0.390 e. The van der Waals surface area contributed by atoms with Crippen molar-refractivity contribution in [3.63, 3.8) is 0 Å². The molecule has 2 heterocycles. The van der Waals surface area contributed by atoms with Crippen molar-refractivity contribution in [1.29, 1.82) is 0 Å². The maximum Gasteiger partial charge on any atom is 0.0948 e. The van der Waals surface area contributed by atoms with Crippen LogP contribution >= 0.6 is 0 Å². The third kappa shape index (κ3) is 1.94. The lowest BCUT2D eigenvalue weighted by Gasteiger charge is -2.09. The Hall–Kier alpha value is -1.55. The number of hydrogen-bond donors (Lipinski definition) is 1. The summed E-state index contributed by atoms with van der Waals surface area (Å²) < 4.78 is 4.13. The molecular weight excluding hydrogens is 190 g/mol. The minimum absolute atomic E-state index is 0.0766. The lowest BCUT2D eigenvalue weighted by molar-refractivity contribution is 0.271. The van der Waals surface area contributed by atoms with Gasteiger partial charge in [-0.3, -0.25) is 0 Å². The van der Waals surface area contributed by atoms with Crippen molar-refractivity contribution in [2.24, 2.45) is 0 Å². The van der Waals surface area contributed by atoms with Gasteiger partial charge in [-0.15, -0.1) is 0 Å². The number of hydrogen-bond acceptors (Lipinski definition) is 2. The fraction of sp³-hybridized carbons (Fsp3) is 0.364. The summed E-state index contributed by atoms with van der Waals surface area (Å²) in [6, 6.07) is 3.87. The van der Waals surface area contributed by atoms with Crippen molar-refractivity contribution in [3.8, 4) is 0 Å². The Morgan fingerprint density at radius 3 is 2.93 bits per heavy atom. The van der Waals surface area contributed by atoms with E-state index in [9.17, 15) is 0 Å². The first-order chi connectivity index (χ1) is 7.35. The molecule has 2 aromatic rings. The summed E-state index contributed by atoms with van der Waals surface area (Å²) >= 11 is 0. The molecule has 0 atom stereocenters. The minimum atomic E-state index is 0.0766. The van der Waals surface area contributed by atoms with Gasteiger partial charge in [0.2, 0.25) is 0 Å². The van der Waals surface area contributed by atoms with Gasteiger partial charge in [0.05, 0.1) is 25.2 Å². The third-order valence-electron chi connectivity index (χ3n) is 2.56. The van der Waals surface area contributed by atoms with Crippen LogP contribution in [0.5, 0.6) is 0 Å². The van der Waals surface area contributed by atoms with Crippen LogP contribution in [0, 0.1) is 0 Å². The summed E-state index contributed by atoms with van der Waals surface area (Å²) in [7, 11) is 0. The van der Waals surface area contributed by atoms with Crippen molar-refractivity contribution in [2.75, 3.05) is 0 Å². The summed E-state index contributed by atoms with van der Waals surface area (Å²) in [5.74, 6) is 0. The SMILES string of the molecule is CCn1cncc1Cn1cccc1CO. The number of aliphatic hydroxyl groups is 1. The van der Waals surface area contributed by atoms with E-state index < -0.39 is 0 Å². The Morgan fingerprint density at radius 2 is 2.20 bits per heavy atom. The minimum Gasteiger partial charge on any atom is -0.390 e. The van der Waals surface area contributed by atoms with Crippen LogP contribution < -0.4 is 0 Å². The van der Waals surface area contributed by atoms with Crippen molar-refractivity contribution >= 4 is 0 Å². The molecule has 0 aliphatic rings. The summed E-state index contributed by atoms with van der Waals surface area (Å²) in [5, 5.41) is 9.12. The van der Waals surface area contributed by atoms with Crippen LogP contribution in [0.15, 0.2) is 30.9 Å². The molecule has 4 heteroatoms. The van der Waals surface area contributed by atoms with Gasteiger partial charge in [-0.1, -0.05) is 0 Å². The topological polar surface area (TPSA) is 43.0 Å². The van der Waals surface area contributed by atoms with Crippen molar-refractivity contribution < 1.29 is 5.11 Å². The predicted molar refractivity (Wildman–Crippen MR) is 57.4 cm³/mol. The summed E-state index contributed by atoms with van der Waals surface area (Å²) in [6.07, 6.45) is 5.67. The van der Waals surface area contributed by atoms with Crippen LogP contribution in [0.1, 0.15) is 18.3 Å². The molecule has 0 saturated carbocycles. The number of aliphatic hydroxyl groups excluding tert-OH is 1. The third-order valence-corrected chi connectivity index (χ3v) is 2.56. The fourth-order valence-electron chi connectivity index (χ4n) is 1.69. The smallest absolute Gasteiger partial charge is 0.0948 e. The molecule has 0 radical (unpaired) electrons. The predicted octanol–water partition coefficient (Wildman–Crippen LogP) is 1.25. The van der Waals surface area contributed by atoms with Gasteiger partial charge in [-0.2, -0.15) is 0 Å². The molecule has 0 unspecified atom stereocenters. The molecule has 4 nitrogen and oxygen atoms in total. The molecule has 0 aliphatic heterocycles. The van der Waals surface area contributed by atoms with Crippen molar-refractivity contribution in [2.45, 2.75) is 26.6 Å². The molecule has 2 rings (SSSR count). The van der Waals surface area contributed by atoms with Gasteiger partial charge in [0.15, 0.2) is 0 Å². The van der Waals surface area contributed by atoms with E-state index >= 15 is 0 Å². The zero-order valence-corrected chi connectivity index (χ0v) is 8.80. The first-order valence-corrected chi connectivity index (χ1v) is 5.09. The Balaban J connectivity index is 2.21. The first kappa shape index (κ1) is 9.98. The molecule has 2 aromatic heterocycles. The van der Waals surface area contributed by atoms with Gasteiger partial charge in [0, 0.05) is 24.6 Å². The van der Waals surface area contributed by atoms with Crippen LogP contribution in [-0.4, -0.2) is 19.2 Å². The fourth-order valence-corrected chi connectivity index (χ4v) is 1.69. The molecular formula is C11H15N3O. The number of aromatic nitrogens is 3. The Bertz CT molecular complexity index is 390. The molecule has 0 aliphatic carbocycles. The number of nitrogens with zero attached hydrogens (tertiary/aromatic N) is 3. The van der Waals surface area contributed by atoms with Crippen LogP contribution in [0.2, 0.25) is 0 Å². The summed E-state index contributed by atoms with van der Waals surface area (Å²) in [5.41, 5.74) is 2.09. The van der Waals surface area contributed by atoms with Crippen molar-refractivity contribution in [3.05, 3.63) is 42.2 Å². The van der Waals surface area contributed by atoms with Crippen LogP contribution in [0.4, 0.5) is 0 Å². The highest BCUT2D eigenvalue weighted by atomic mass is 16.3. The van der Waals surface area contributed by atoms with Gasteiger partial charge in [0.1, 0.15) is 0 Å². The summed E-state index contributed by atoms with van der Waals surface area (Å²) in [6.45, 7) is 3.85. The van der Waals surface area contributed by atoms with E-state index in [-0.39, 0.29) is 6.61 Å². The van der Waals surface area contributed by atoms with E-state index in [1.54, 1.807) is 0 Å². The molecule has 15 heavy (non-hydrogen) atoms. The normalized spacial score (nSPS) is 10.8. The Labute approximate surface area is 88.8 Å². The molecule has 0 saturated heterocycles. The molecule has 80 valence electrons. The average Bonchev–Trinajstić information content (AvgIpc) is 2.87. The lowest BCUT2D eigenvalue weighted by Crippen LogP contribution is -2.07. The molecule has 1 N–H and O–H groups in total. The number of rotatable bonds is 4. The van der Waals surface area contributed by atoms with Crippen molar-refractivity contribution in [1.82, 2.24) is 14.1 Å². The van der Waals surface area contributed by atoms with E-state index in [1.807, 2.05) is 35.4 Å². The highest BCUT2D eigenvalue weighted by molar-refractivity contribution is 5.09. The van der Waals surface area contributed by atoms with E-state index in [1.165, 1.54) is 0 Å². The first-order valence-electron chi connectivity index (χ1n) is 5.09. The second kappa shape index (κ2) is 4.31. The van der Waals surface area contributed by atoms with E-state index in [0.29, 0.717) is 0 Å². The molecule has 0 amide bonds.